The van der Waals surface area contributed by atoms with Gasteiger partial charge in [0, 0.05) is 44.0 Å². The van der Waals surface area contributed by atoms with Crippen LogP contribution in [0.3, 0.4) is 0 Å². The van der Waals surface area contributed by atoms with E-state index in [4.69, 9.17) is 4.52 Å². The quantitative estimate of drug-likeness (QED) is 0.799. The fourth-order valence-corrected chi connectivity index (χ4v) is 2.49. The maximum Gasteiger partial charge on any atom is 0.276 e. The number of aryl methyl sites for hydroxylation is 2. The van der Waals surface area contributed by atoms with E-state index >= 15 is 0 Å². The number of amides is 1. The van der Waals surface area contributed by atoms with Crippen molar-refractivity contribution >= 4 is 11.7 Å². The molecule has 2 aromatic rings. The molecule has 0 bridgehead atoms. The summed E-state index contributed by atoms with van der Waals surface area (Å²) in [4.78, 5) is 21.0. The normalized spacial score (nSPS) is 14.8. The van der Waals surface area contributed by atoms with Gasteiger partial charge in [0.15, 0.2) is 5.69 Å². The number of pyridine rings is 1. The number of carbonyl (C=O) groups excluding carboxylic acids is 1. The van der Waals surface area contributed by atoms with Crippen molar-refractivity contribution in [3.8, 4) is 0 Å². The zero-order chi connectivity index (χ0) is 15.0. The molecule has 3 heterocycles. The second kappa shape index (κ2) is 5.20. The average molecular weight is 286 g/mol. The minimum Gasteiger partial charge on any atom is -0.361 e. The van der Waals surface area contributed by atoms with Gasteiger partial charge in [-0.1, -0.05) is 11.2 Å². The number of hydrogen-bond acceptors (Lipinski definition) is 5. The molecule has 3 rings (SSSR count). The van der Waals surface area contributed by atoms with Gasteiger partial charge < -0.3 is 14.3 Å². The van der Waals surface area contributed by atoms with E-state index in [1.54, 1.807) is 17.9 Å². The Morgan fingerprint density at radius 2 is 2.10 bits per heavy atom. The number of carbonyl (C=O) groups is 1. The lowest BCUT2D eigenvalue weighted by atomic mass is 10.2. The fraction of sp³-hybridized carbons (Fsp3) is 0.400. The third-order valence-corrected chi connectivity index (χ3v) is 3.66. The summed E-state index contributed by atoms with van der Waals surface area (Å²) in [5.74, 6) is 1.48. The molecule has 1 amide bonds. The fourth-order valence-electron chi connectivity index (χ4n) is 2.49. The minimum absolute atomic E-state index is 0.103. The molecule has 0 aromatic carbocycles. The van der Waals surface area contributed by atoms with Crippen molar-refractivity contribution in [3.63, 3.8) is 0 Å². The Kier molecular flexibility index (Phi) is 3.37. The lowest BCUT2D eigenvalue weighted by Crippen LogP contribution is -2.34. The molecule has 6 heteroatoms. The molecule has 0 atom stereocenters. The van der Waals surface area contributed by atoms with Crippen molar-refractivity contribution in [3.05, 3.63) is 40.9 Å². The van der Waals surface area contributed by atoms with Gasteiger partial charge in [-0.25, -0.2) is 4.98 Å². The Morgan fingerprint density at radius 3 is 2.81 bits per heavy atom. The summed E-state index contributed by atoms with van der Waals surface area (Å²) < 4.78 is 4.99. The lowest BCUT2D eigenvalue weighted by molar-refractivity contribution is 0.0741. The molecule has 1 aliphatic heterocycles. The number of anilines is 1. The molecule has 0 saturated heterocycles. The molecule has 21 heavy (non-hydrogen) atoms. The summed E-state index contributed by atoms with van der Waals surface area (Å²) in [7, 11) is 2.00. The highest BCUT2D eigenvalue weighted by Gasteiger charge is 2.24. The summed E-state index contributed by atoms with van der Waals surface area (Å²) >= 11 is 0. The van der Waals surface area contributed by atoms with Crippen LogP contribution >= 0.6 is 0 Å². The van der Waals surface area contributed by atoms with E-state index in [0.717, 1.165) is 23.6 Å². The van der Waals surface area contributed by atoms with Gasteiger partial charge in [-0.15, -0.1) is 0 Å². The Hall–Kier alpha value is -2.37. The van der Waals surface area contributed by atoms with Gasteiger partial charge in [-0.3, -0.25) is 4.79 Å². The van der Waals surface area contributed by atoms with Crippen LogP contribution in [0.25, 0.3) is 0 Å². The van der Waals surface area contributed by atoms with Crippen LogP contribution in [0, 0.1) is 13.8 Å². The van der Waals surface area contributed by atoms with Crippen LogP contribution in [0.5, 0.6) is 0 Å². The number of rotatable bonds is 1. The summed E-state index contributed by atoms with van der Waals surface area (Å²) in [6.45, 7) is 5.67. The molecule has 0 saturated carbocycles. The molecule has 2 aromatic heterocycles. The van der Waals surface area contributed by atoms with Crippen molar-refractivity contribution in [2.75, 3.05) is 25.0 Å². The summed E-state index contributed by atoms with van der Waals surface area (Å²) in [5.41, 5.74) is 2.39. The van der Waals surface area contributed by atoms with Crippen LogP contribution in [0.4, 0.5) is 5.82 Å². The smallest absolute Gasteiger partial charge is 0.276 e. The molecule has 110 valence electrons. The van der Waals surface area contributed by atoms with E-state index in [2.05, 4.69) is 15.0 Å². The Labute approximate surface area is 123 Å². The minimum atomic E-state index is -0.103. The third-order valence-electron chi connectivity index (χ3n) is 3.66. The standard InChI is InChI=1S/C15H18N4O2/c1-10-4-5-12-9-19(7-6-18(3)14(12)16-10)15(20)13-8-11(2)21-17-13/h4-5,8H,6-7,9H2,1-3H3. The molecule has 0 spiro atoms. The maximum absolute atomic E-state index is 12.5. The van der Waals surface area contributed by atoms with E-state index in [-0.39, 0.29) is 5.91 Å². The van der Waals surface area contributed by atoms with Crippen molar-refractivity contribution in [2.24, 2.45) is 0 Å². The second-order valence-corrected chi connectivity index (χ2v) is 5.41. The molecule has 0 fully saturated rings. The summed E-state index contributed by atoms with van der Waals surface area (Å²) in [6.07, 6.45) is 0. The largest absolute Gasteiger partial charge is 0.361 e. The van der Waals surface area contributed by atoms with E-state index < -0.39 is 0 Å². The molecular formula is C15H18N4O2. The van der Waals surface area contributed by atoms with E-state index in [1.165, 1.54) is 0 Å². The Bertz CT molecular complexity index is 680. The number of likely N-dealkylation sites (N-methyl/N-ethyl adjacent to an activating group) is 1. The van der Waals surface area contributed by atoms with Gasteiger partial charge in [-0.2, -0.15) is 0 Å². The van der Waals surface area contributed by atoms with Crippen molar-refractivity contribution in [2.45, 2.75) is 20.4 Å². The van der Waals surface area contributed by atoms with Crippen LogP contribution in [0.15, 0.2) is 22.7 Å². The first-order chi connectivity index (χ1) is 10.0. The first-order valence-corrected chi connectivity index (χ1v) is 6.95. The lowest BCUT2D eigenvalue weighted by Gasteiger charge is -2.19. The average Bonchev–Trinajstić information content (AvgIpc) is 2.83. The topological polar surface area (TPSA) is 62.5 Å². The van der Waals surface area contributed by atoms with Gasteiger partial charge in [0.25, 0.3) is 5.91 Å². The van der Waals surface area contributed by atoms with E-state index in [9.17, 15) is 4.79 Å². The maximum atomic E-state index is 12.5. The van der Waals surface area contributed by atoms with E-state index in [1.807, 2.05) is 26.1 Å². The van der Waals surface area contributed by atoms with Crippen LogP contribution in [-0.2, 0) is 6.54 Å². The molecule has 1 aliphatic rings. The molecular weight excluding hydrogens is 268 g/mol. The van der Waals surface area contributed by atoms with Crippen LogP contribution in [-0.4, -0.2) is 41.1 Å². The van der Waals surface area contributed by atoms with Gasteiger partial charge >= 0.3 is 0 Å². The van der Waals surface area contributed by atoms with Gasteiger partial charge in [0.2, 0.25) is 0 Å². The predicted octanol–water partition coefficient (Wildman–Crippen LogP) is 1.78. The zero-order valence-corrected chi connectivity index (χ0v) is 12.5. The second-order valence-electron chi connectivity index (χ2n) is 5.41. The summed E-state index contributed by atoms with van der Waals surface area (Å²) in [6, 6.07) is 5.68. The van der Waals surface area contributed by atoms with Gasteiger partial charge in [-0.05, 0) is 19.9 Å². The van der Waals surface area contributed by atoms with Crippen molar-refractivity contribution in [1.82, 2.24) is 15.0 Å². The number of hydrogen-bond donors (Lipinski definition) is 0. The molecule has 0 radical (unpaired) electrons. The first-order valence-electron chi connectivity index (χ1n) is 6.95. The molecule has 0 N–H and O–H groups in total. The SMILES string of the molecule is Cc1ccc2c(n1)N(C)CCN(C(=O)c1cc(C)on1)C2. The van der Waals surface area contributed by atoms with Crippen molar-refractivity contribution in [1.29, 1.82) is 0 Å². The Morgan fingerprint density at radius 1 is 1.29 bits per heavy atom. The first kappa shape index (κ1) is 13.6. The summed E-state index contributed by atoms with van der Waals surface area (Å²) in [5, 5.41) is 3.82. The number of nitrogens with zero attached hydrogens (tertiary/aromatic N) is 4. The molecule has 6 nitrogen and oxygen atoms in total. The highest BCUT2D eigenvalue weighted by Crippen LogP contribution is 2.23. The Balaban J connectivity index is 1.89. The molecule has 0 aliphatic carbocycles. The van der Waals surface area contributed by atoms with Crippen LogP contribution < -0.4 is 4.90 Å². The van der Waals surface area contributed by atoms with Gasteiger partial charge in [0.1, 0.15) is 11.6 Å². The highest BCUT2D eigenvalue weighted by molar-refractivity contribution is 5.92. The number of fused-ring (bicyclic) bond motifs is 1. The van der Waals surface area contributed by atoms with Crippen LogP contribution in [0.1, 0.15) is 27.5 Å². The predicted molar refractivity (Wildman–Crippen MR) is 78.2 cm³/mol. The van der Waals surface area contributed by atoms with E-state index in [0.29, 0.717) is 24.5 Å². The van der Waals surface area contributed by atoms with Gasteiger partial charge in [0.05, 0.1) is 0 Å². The molecule has 0 unspecified atom stereocenters. The highest BCUT2D eigenvalue weighted by atomic mass is 16.5. The number of aromatic nitrogens is 2. The zero-order valence-electron chi connectivity index (χ0n) is 12.5. The monoisotopic (exact) mass is 286 g/mol. The van der Waals surface area contributed by atoms with Crippen molar-refractivity contribution < 1.29 is 9.32 Å². The van der Waals surface area contributed by atoms with Crippen LogP contribution in [0.2, 0.25) is 0 Å². The third kappa shape index (κ3) is 2.61.